The maximum absolute atomic E-state index is 12.6. The molecule has 1 aliphatic rings. The van der Waals surface area contributed by atoms with Crippen molar-refractivity contribution in [2.75, 3.05) is 6.54 Å². The molecule has 26 heavy (non-hydrogen) atoms. The van der Waals surface area contributed by atoms with Crippen molar-refractivity contribution in [1.29, 1.82) is 0 Å². The predicted molar refractivity (Wildman–Crippen MR) is 105 cm³/mol. The number of aryl methyl sites for hydroxylation is 1. The molecule has 136 valence electrons. The highest BCUT2D eigenvalue weighted by molar-refractivity contribution is 9.10. The Morgan fingerprint density at radius 2 is 1.92 bits per heavy atom. The van der Waals surface area contributed by atoms with Gasteiger partial charge in [0.25, 0.3) is 0 Å². The first-order chi connectivity index (χ1) is 12.4. The molecule has 0 saturated carbocycles. The number of halogens is 1. The van der Waals surface area contributed by atoms with Crippen molar-refractivity contribution in [3.05, 3.63) is 69.7 Å². The molecular weight excluding hydrogens is 392 g/mol. The fraction of sp³-hybridized carbons (Fsp3) is 0.333. The average Bonchev–Trinajstić information content (AvgIpc) is 2.98. The minimum absolute atomic E-state index is 0.0410. The Kier molecular flexibility index (Phi) is 5.77. The quantitative estimate of drug-likeness (QED) is 0.803. The Morgan fingerprint density at radius 3 is 2.62 bits per heavy atom. The van der Waals surface area contributed by atoms with Crippen LogP contribution in [0.2, 0.25) is 0 Å². The molecule has 1 heterocycles. The van der Waals surface area contributed by atoms with Crippen molar-refractivity contribution < 1.29 is 9.59 Å². The monoisotopic (exact) mass is 414 g/mol. The van der Waals surface area contributed by atoms with Crippen LogP contribution in [0.4, 0.5) is 0 Å². The number of hydrogen-bond acceptors (Lipinski definition) is 2. The zero-order valence-electron chi connectivity index (χ0n) is 15.0. The van der Waals surface area contributed by atoms with E-state index >= 15 is 0 Å². The molecule has 2 aromatic carbocycles. The van der Waals surface area contributed by atoms with E-state index in [1.807, 2.05) is 62.4 Å². The van der Waals surface area contributed by atoms with Crippen molar-refractivity contribution in [1.82, 2.24) is 10.2 Å². The molecule has 0 bridgehead atoms. The van der Waals surface area contributed by atoms with Gasteiger partial charge >= 0.3 is 0 Å². The molecule has 4 nitrogen and oxygen atoms in total. The number of amides is 2. The van der Waals surface area contributed by atoms with Gasteiger partial charge in [-0.15, -0.1) is 0 Å². The summed E-state index contributed by atoms with van der Waals surface area (Å²) in [5.74, 6) is -0.315. The third kappa shape index (κ3) is 4.33. The number of benzene rings is 2. The zero-order valence-corrected chi connectivity index (χ0v) is 16.6. The molecule has 0 radical (unpaired) electrons. The molecule has 2 unspecified atom stereocenters. The Morgan fingerprint density at radius 1 is 1.23 bits per heavy atom. The van der Waals surface area contributed by atoms with Crippen LogP contribution in [0.3, 0.4) is 0 Å². The number of likely N-dealkylation sites (tertiary alicyclic amines) is 1. The molecule has 0 spiro atoms. The topological polar surface area (TPSA) is 49.4 Å². The van der Waals surface area contributed by atoms with Crippen molar-refractivity contribution >= 4 is 27.7 Å². The molecule has 2 amide bonds. The van der Waals surface area contributed by atoms with Crippen molar-refractivity contribution in [2.24, 2.45) is 5.92 Å². The normalized spacial score (nSPS) is 18.0. The lowest BCUT2D eigenvalue weighted by atomic mass is 10.1. The van der Waals surface area contributed by atoms with E-state index in [9.17, 15) is 9.59 Å². The third-order valence-corrected chi connectivity index (χ3v) is 5.53. The largest absolute Gasteiger partial charge is 0.349 e. The molecule has 3 rings (SSSR count). The summed E-state index contributed by atoms with van der Waals surface area (Å²) in [5, 5.41) is 3.04. The van der Waals surface area contributed by atoms with Gasteiger partial charge in [-0.2, -0.15) is 0 Å². The Labute approximate surface area is 162 Å². The molecule has 1 aliphatic heterocycles. The van der Waals surface area contributed by atoms with Gasteiger partial charge in [-0.05, 0) is 31.0 Å². The molecule has 2 atom stereocenters. The summed E-state index contributed by atoms with van der Waals surface area (Å²) >= 11 is 3.52. The fourth-order valence-electron chi connectivity index (χ4n) is 3.25. The molecule has 0 aliphatic carbocycles. The minimum Gasteiger partial charge on any atom is -0.349 e. The van der Waals surface area contributed by atoms with Crippen LogP contribution >= 0.6 is 15.9 Å². The smallest absolute Gasteiger partial charge is 0.225 e. The number of nitrogens with zero attached hydrogens (tertiary/aromatic N) is 1. The summed E-state index contributed by atoms with van der Waals surface area (Å²) in [4.78, 5) is 26.7. The first kappa shape index (κ1) is 18.6. The maximum atomic E-state index is 12.6. The molecule has 1 fully saturated rings. The van der Waals surface area contributed by atoms with Gasteiger partial charge in [0.2, 0.25) is 11.8 Å². The molecule has 2 aromatic rings. The molecular formula is C21H23BrN2O2. The SMILES string of the molecule is Cc1ccc(CN2CC(C(=O)NC(C)c3ccccc3Br)CC2=O)cc1. The molecule has 1 saturated heterocycles. The summed E-state index contributed by atoms with van der Waals surface area (Å²) in [6.45, 7) is 5.03. The van der Waals surface area contributed by atoms with Crippen LogP contribution in [-0.4, -0.2) is 23.3 Å². The number of rotatable bonds is 5. The number of hydrogen-bond donors (Lipinski definition) is 1. The zero-order chi connectivity index (χ0) is 18.7. The van der Waals surface area contributed by atoms with E-state index in [1.165, 1.54) is 5.56 Å². The Bertz CT molecular complexity index is 804. The summed E-state index contributed by atoms with van der Waals surface area (Å²) in [6, 6.07) is 15.9. The van der Waals surface area contributed by atoms with Crippen LogP contribution in [0.5, 0.6) is 0 Å². The Hall–Kier alpha value is -2.14. The van der Waals surface area contributed by atoms with E-state index in [-0.39, 0.29) is 30.2 Å². The van der Waals surface area contributed by atoms with Crippen LogP contribution in [0, 0.1) is 12.8 Å². The Balaban J connectivity index is 1.60. The van der Waals surface area contributed by atoms with E-state index in [4.69, 9.17) is 0 Å². The number of carbonyl (C=O) groups excluding carboxylic acids is 2. The standard InChI is InChI=1S/C21H23BrN2O2/c1-14-7-9-16(10-8-14)12-24-13-17(11-20(24)25)21(26)23-15(2)18-5-3-4-6-19(18)22/h3-10,15,17H,11-13H2,1-2H3,(H,23,26). The second kappa shape index (κ2) is 8.04. The molecule has 0 aromatic heterocycles. The van der Waals surface area contributed by atoms with Gasteiger partial charge in [0.05, 0.1) is 12.0 Å². The van der Waals surface area contributed by atoms with Crippen LogP contribution in [0.1, 0.15) is 36.1 Å². The first-order valence-electron chi connectivity index (χ1n) is 8.82. The number of nitrogens with one attached hydrogen (secondary N) is 1. The number of carbonyl (C=O) groups is 2. The predicted octanol–water partition coefficient (Wildman–Crippen LogP) is 3.98. The molecule has 5 heteroatoms. The van der Waals surface area contributed by atoms with Gasteiger partial charge in [0, 0.05) is 24.0 Å². The van der Waals surface area contributed by atoms with Gasteiger partial charge in [0.1, 0.15) is 0 Å². The van der Waals surface area contributed by atoms with Crippen LogP contribution in [-0.2, 0) is 16.1 Å². The maximum Gasteiger partial charge on any atom is 0.225 e. The van der Waals surface area contributed by atoms with Gasteiger partial charge in [-0.1, -0.05) is 64.0 Å². The second-order valence-corrected chi connectivity index (χ2v) is 7.77. The first-order valence-corrected chi connectivity index (χ1v) is 9.61. The van der Waals surface area contributed by atoms with Crippen LogP contribution < -0.4 is 5.32 Å². The van der Waals surface area contributed by atoms with E-state index in [2.05, 4.69) is 21.2 Å². The van der Waals surface area contributed by atoms with E-state index in [0.717, 1.165) is 15.6 Å². The summed E-state index contributed by atoms with van der Waals surface area (Å²) in [5.41, 5.74) is 3.31. The highest BCUT2D eigenvalue weighted by Gasteiger charge is 2.34. The summed E-state index contributed by atoms with van der Waals surface area (Å²) < 4.78 is 0.969. The lowest BCUT2D eigenvalue weighted by Gasteiger charge is -2.19. The highest BCUT2D eigenvalue weighted by atomic mass is 79.9. The van der Waals surface area contributed by atoms with Crippen molar-refractivity contribution in [2.45, 2.75) is 32.9 Å². The summed E-state index contributed by atoms with van der Waals surface area (Å²) in [7, 11) is 0. The van der Waals surface area contributed by atoms with Crippen LogP contribution in [0.25, 0.3) is 0 Å². The third-order valence-electron chi connectivity index (χ3n) is 4.81. The van der Waals surface area contributed by atoms with Crippen molar-refractivity contribution in [3.63, 3.8) is 0 Å². The van der Waals surface area contributed by atoms with Crippen LogP contribution in [0.15, 0.2) is 53.0 Å². The van der Waals surface area contributed by atoms with E-state index in [0.29, 0.717) is 13.1 Å². The summed E-state index contributed by atoms with van der Waals surface area (Å²) in [6.07, 6.45) is 0.278. The second-order valence-electron chi connectivity index (χ2n) is 6.91. The van der Waals surface area contributed by atoms with Gasteiger partial charge in [0.15, 0.2) is 0 Å². The fourth-order valence-corrected chi connectivity index (χ4v) is 3.88. The van der Waals surface area contributed by atoms with E-state index < -0.39 is 0 Å². The minimum atomic E-state index is -0.294. The average molecular weight is 415 g/mol. The molecule has 1 N–H and O–H groups in total. The van der Waals surface area contributed by atoms with Gasteiger partial charge in [-0.25, -0.2) is 0 Å². The van der Waals surface area contributed by atoms with E-state index in [1.54, 1.807) is 4.90 Å². The lowest BCUT2D eigenvalue weighted by Crippen LogP contribution is -2.34. The highest BCUT2D eigenvalue weighted by Crippen LogP contribution is 2.25. The lowest BCUT2D eigenvalue weighted by molar-refractivity contribution is -0.129. The van der Waals surface area contributed by atoms with Crippen molar-refractivity contribution in [3.8, 4) is 0 Å². The van der Waals surface area contributed by atoms with Gasteiger partial charge < -0.3 is 10.2 Å². The van der Waals surface area contributed by atoms with Gasteiger partial charge in [-0.3, -0.25) is 9.59 Å².